The Morgan fingerprint density at radius 2 is 1.95 bits per heavy atom. The molecule has 110 valence electrons. The Morgan fingerprint density at radius 3 is 2.50 bits per heavy atom. The molecule has 0 bridgehead atoms. The van der Waals surface area contributed by atoms with Crippen molar-refractivity contribution in [2.24, 2.45) is 14.1 Å². The fourth-order valence-corrected chi connectivity index (χ4v) is 2.94. The number of hydrogen-bond acceptors (Lipinski definition) is 5. The van der Waals surface area contributed by atoms with E-state index in [0.717, 1.165) is 4.57 Å². The maximum absolute atomic E-state index is 12.3. The number of aliphatic hydroxyl groups excluding tert-OH is 1. The molecule has 1 atom stereocenters. The molecule has 2 aromatic heterocycles. The molecule has 0 aliphatic heterocycles. The topological polar surface area (TPSA) is 82.1 Å². The molecule has 2 heterocycles. The predicted octanol–water partition coefficient (Wildman–Crippen LogP) is -0.0735. The molecule has 7 nitrogen and oxygen atoms in total. The molecule has 0 aliphatic rings. The van der Waals surface area contributed by atoms with Gasteiger partial charge in [-0.05, 0) is 13.8 Å². The van der Waals surface area contributed by atoms with Crippen LogP contribution in [0.3, 0.4) is 0 Å². The minimum atomic E-state index is -0.461. The second-order valence-electron chi connectivity index (χ2n) is 4.68. The highest BCUT2D eigenvalue weighted by molar-refractivity contribution is 7.99. The summed E-state index contributed by atoms with van der Waals surface area (Å²) in [6.07, 6.45) is -0.461. The summed E-state index contributed by atoms with van der Waals surface area (Å²) in [6.45, 7) is 4.19. The van der Waals surface area contributed by atoms with Gasteiger partial charge in [0, 0.05) is 26.4 Å². The van der Waals surface area contributed by atoms with Crippen LogP contribution in [0.4, 0.5) is 0 Å². The van der Waals surface area contributed by atoms with Gasteiger partial charge in [0.25, 0.3) is 5.56 Å². The van der Waals surface area contributed by atoms with Gasteiger partial charge in [0.2, 0.25) is 0 Å². The van der Waals surface area contributed by atoms with Gasteiger partial charge in [-0.15, -0.1) is 0 Å². The third kappa shape index (κ3) is 2.29. The summed E-state index contributed by atoms with van der Waals surface area (Å²) in [5.41, 5.74) is 0.0647. The first-order chi connectivity index (χ1) is 9.38. The van der Waals surface area contributed by atoms with Crippen LogP contribution in [0.1, 0.15) is 13.8 Å². The van der Waals surface area contributed by atoms with Gasteiger partial charge in [-0.3, -0.25) is 13.9 Å². The second-order valence-corrected chi connectivity index (χ2v) is 5.66. The minimum absolute atomic E-state index is 0.346. The van der Waals surface area contributed by atoms with Gasteiger partial charge in [0.05, 0.1) is 6.10 Å². The molecule has 2 aromatic rings. The lowest BCUT2D eigenvalue weighted by molar-refractivity contribution is 0.220. The molecule has 0 radical (unpaired) electrons. The van der Waals surface area contributed by atoms with Gasteiger partial charge in [0.1, 0.15) is 0 Å². The monoisotopic (exact) mass is 298 g/mol. The summed E-state index contributed by atoms with van der Waals surface area (Å²) in [5.74, 6) is 0.484. The van der Waals surface area contributed by atoms with E-state index in [0.29, 0.717) is 28.6 Å². The first-order valence-corrected chi connectivity index (χ1v) is 7.34. The summed E-state index contributed by atoms with van der Waals surface area (Å²) in [6, 6.07) is 0. The molecule has 0 aliphatic carbocycles. The van der Waals surface area contributed by atoms with Gasteiger partial charge < -0.3 is 9.67 Å². The lowest BCUT2D eigenvalue weighted by Gasteiger charge is -2.07. The summed E-state index contributed by atoms with van der Waals surface area (Å²) < 4.78 is 4.23. The van der Waals surface area contributed by atoms with Crippen LogP contribution >= 0.6 is 11.8 Å². The molecule has 0 fully saturated rings. The van der Waals surface area contributed by atoms with Crippen LogP contribution in [-0.4, -0.2) is 35.6 Å². The number of aryl methyl sites for hydroxylation is 2. The summed E-state index contributed by atoms with van der Waals surface area (Å²) >= 11 is 1.37. The number of aromatic nitrogens is 4. The zero-order valence-electron chi connectivity index (χ0n) is 12.0. The van der Waals surface area contributed by atoms with E-state index < -0.39 is 11.8 Å². The number of nitrogens with zero attached hydrogens (tertiary/aromatic N) is 4. The smallest absolute Gasteiger partial charge is 0.332 e. The highest BCUT2D eigenvalue weighted by Gasteiger charge is 2.18. The number of aliphatic hydroxyl groups is 1. The molecule has 0 saturated heterocycles. The molecule has 0 aromatic carbocycles. The zero-order chi connectivity index (χ0) is 15.0. The van der Waals surface area contributed by atoms with Gasteiger partial charge in [-0.25, -0.2) is 9.78 Å². The summed E-state index contributed by atoms with van der Waals surface area (Å²) in [5, 5.41) is 10.0. The SMILES string of the molecule is CCn1c(SC[C@@H](C)O)nc2c1c(=O)n(C)c(=O)n2C. The maximum Gasteiger partial charge on any atom is 0.332 e. The Morgan fingerprint density at radius 1 is 1.30 bits per heavy atom. The molecular weight excluding hydrogens is 280 g/mol. The summed E-state index contributed by atoms with van der Waals surface area (Å²) in [4.78, 5) is 28.6. The fraction of sp³-hybridized carbons (Fsp3) is 0.583. The van der Waals surface area contributed by atoms with E-state index in [4.69, 9.17) is 0 Å². The van der Waals surface area contributed by atoms with E-state index in [9.17, 15) is 14.7 Å². The number of thioether (sulfide) groups is 1. The Balaban J connectivity index is 2.75. The molecular formula is C12H18N4O3S. The van der Waals surface area contributed by atoms with Gasteiger partial charge in [-0.2, -0.15) is 0 Å². The van der Waals surface area contributed by atoms with Crippen molar-refractivity contribution >= 4 is 22.9 Å². The van der Waals surface area contributed by atoms with Crippen LogP contribution in [0, 0.1) is 0 Å². The Bertz CT molecular complexity index is 757. The minimum Gasteiger partial charge on any atom is -0.393 e. The van der Waals surface area contributed by atoms with Crippen molar-refractivity contribution < 1.29 is 5.11 Å². The normalized spacial score (nSPS) is 13.1. The third-order valence-corrected chi connectivity index (χ3v) is 4.30. The number of fused-ring (bicyclic) bond motifs is 1. The molecule has 1 N–H and O–H groups in total. The van der Waals surface area contributed by atoms with E-state index in [-0.39, 0.29) is 5.56 Å². The Hall–Kier alpha value is -1.54. The van der Waals surface area contributed by atoms with Gasteiger partial charge in [0.15, 0.2) is 16.3 Å². The van der Waals surface area contributed by atoms with Crippen molar-refractivity contribution in [3.05, 3.63) is 20.8 Å². The van der Waals surface area contributed by atoms with Crippen LogP contribution in [0.15, 0.2) is 14.7 Å². The first-order valence-electron chi connectivity index (χ1n) is 6.35. The third-order valence-electron chi connectivity index (χ3n) is 3.08. The fourth-order valence-electron chi connectivity index (χ4n) is 2.03. The summed E-state index contributed by atoms with van der Waals surface area (Å²) in [7, 11) is 3.06. The molecule has 2 rings (SSSR count). The number of hydrogen-bond donors (Lipinski definition) is 1. The molecule has 0 amide bonds. The molecule has 0 unspecified atom stereocenters. The molecule has 20 heavy (non-hydrogen) atoms. The maximum atomic E-state index is 12.3. The van der Waals surface area contributed by atoms with Gasteiger partial charge in [-0.1, -0.05) is 11.8 Å². The van der Waals surface area contributed by atoms with E-state index in [1.165, 1.54) is 23.4 Å². The van der Waals surface area contributed by atoms with Crippen LogP contribution in [0.5, 0.6) is 0 Å². The quantitative estimate of drug-likeness (QED) is 0.799. The van der Waals surface area contributed by atoms with Crippen LogP contribution in [0.2, 0.25) is 0 Å². The Labute approximate surface area is 119 Å². The predicted molar refractivity (Wildman–Crippen MR) is 78.3 cm³/mol. The highest BCUT2D eigenvalue weighted by Crippen LogP contribution is 2.21. The molecule has 0 saturated carbocycles. The average molecular weight is 298 g/mol. The van der Waals surface area contributed by atoms with E-state index in [1.807, 2.05) is 6.92 Å². The van der Waals surface area contributed by atoms with Crippen LogP contribution < -0.4 is 11.2 Å². The van der Waals surface area contributed by atoms with E-state index >= 15 is 0 Å². The standard InChI is InChI=1S/C12H18N4O3S/c1-5-16-8-9(13-11(16)20-6-7(2)17)14(3)12(19)15(4)10(8)18/h7,17H,5-6H2,1-4H3/t7-/m1/s1. The van der Waals surface area contributed by atoms with Crippen molar-refractivity contribution in [3.8, 4) is 0 Å². The second kappa shape index (κ2) is 5.45. The molecule has 0 spiro atoms. The molecule has 8 heteroatoms. The number of imidazole rings is 1. The Kier molecular flexibility index (Phi) is 4.05. The average Bonchev–Trinajstić information content (AvgIpc) is 2.79. The first kappa shape index (κ1) is 14.9. The van der Waals surface area contributed by atoms with Crippen molar-refractivity contribution in [2.75, 3.05) is 5.75 Å². The zero-order valence-corrected chi connectivity index (χ0v) is 12.8. The number of rotatable bonds is 4. The van der Waals surface area contributed by atoms with E-state index in [1.54, 1.807) is 18.5 Å². The van der Waals surface area contributed by atoms with Crippen LogP contribution in [-0.2, 0) is 20.6 Å². The van der Waals surface area contributed by atoms with Crippen molar-refractivity contribution in [1.29, 1.82) is 0 Å². The lowest BCUT2D eigenvalue weighted by Crippen LogP contribution is -2.37. The van der Waals surface area contributed by atoms with E-state index in [2.05, 4.69) is 4.98 Å². The lowest BCUT2D eigenvalue weighted by atomic mass is 10.5. The highest BCUT2D eigenvalue weighted by atomic mass is 32.2. The van der Waals surface area contributed by atoms with Crippen molar-refractivity contribution in [2.45, 2.75) is 31.7 Å². The van der Waals surface area contributed by atoms with Crippen molar-refractivity contribution in [3.63, 3.8) is 0 Å². The van der Waals surface area contributed by atoms with Crippen LogP contribution in [0.25, 0.3) is 11.2 Å². The van der Waals surface area contributed by atoms with Crippen molar-refractivity contribution in [1.82, 2.24) is 18.7 Å². The van der Waals surface area contributed by atoms with Gasteiger partial charge >= 0.3 is 5.69 Å². The largest absolute Gasteiger partial charge is 0.393 e.